The van der Waals surface area contributed by atoms with Crippen molar-refractivity contribution < 1.29 is 18.6 Å². The minimum absolute atomic E-state index is 0.0286. The van der Waals surface area contributed by atoms with Crippen molar-refractivity contribution in [3.05, 3.63) is 51.9 Å². The van der Waals surface area contributed by atoms with Gasteiger partial charge in [-0.2, -0.15) is 4.98 Å². The van der Waals surface area contributed by atoms with Gasteiger partial charge in [-0.05, 0) is 53.1 Å². The summed E-state index contributed by atoms with van der Waals surface area (Å²) >= 11 is 0. The van der Waals surface area contributed by atoms with Crippen LogP contribution in [0.2, 0.25) is 16.6 Å². The molecule has 47 heavy (non-hydrogen) atoms. The molecule has 0 radical (unpaired) electrons. The molecule has 248 valence electrons. The van der Waals surface area contributed by atoms with Crippen molar-refractivity contribution in [2.75, 3.05) is 25.1 Å². The first-order valence-corrected chi connectivity index (χ1v) is 18.7. The number of aromatic nitrogens is 3. The Labute approximate surface area is 275 Å². The normalized spacial score (nSPS) is 18.1. The summed E-state index contributed by atoms with van der Waals surface area (Å²) in [5, 5.41) is 15.5. The maximum absolute atomic E-state index is 17.1. The fourth-order valence-electron chi connectivity index (χ4n) is 8.23. The highest BCUT2D eigenvalue weighted by molar-refractivity contribution is 6.90. The zero-order valence-corrected chi connectivity index (χ0v) is 29.3. The number of aryl methyl sites for hydroxylation is 1. The number of hydrogen-bond acceptors (Lipinski definition) is 7. The molecule has 2 atom stereocenters. The summed E-state index contributed by atoms with van der Waals surface area (Å²) in [6, 6.07) is 6.24. The van der Waals surface area contributed by atoms with Crippen LogP contribution in [0.5, 0.6) is 11.6 Å². The van der Waals surface area contributed by atoms with Gasteiger partial charge in [0.1, 0.15) is 36.5 Å². The molecule has 8 nitrogen and oxygen atoms in total. The molecule has 2 unspecified atom stereocenters. The molecule has 2 aromatic heterocycles. The number of benzene rings is 2. The van der Waals surface area contributed by atoms with Crippen molar-refractivity contribution in [3.63, 3.8) is 0 Å². The number of nitrogens with one attached hydrogen (secondary N) is 1. The number of phenolic OH excluding ortho intramolecular Hbond substituents is 1. The summed E-state index contributed by atoms with van der Waals surface area (Å²) in [4.78, 5) is 24.3. The Kier molecular flexibility index (Phi) is 8.55. The van der Waals surface area contributed by atoms with E-state index in [4.69, 9.17) is 4.74 Å². The van der Waals surface area contributed by atoms with Crippen molar-refractivity contribution in [1.29, 1.82) is 0 Å². The van der Waals surface area contributed by atoms with Gasteiger partial charge in [0.05, 0.1) is 18.2 Å². The van der Waals surface area contributed by atoms with Crippen LogP contribution in [0.25, 0.3) is 32.9 Å². The molecule has 0 aliphatic carbocycles. The fourth-order valence-corrected chi connectivity index (χ4v) is 13.4. The van der Waals surface area contributed by atoms with E-state index >= 15 is 8.78 Å². The average Bonchev–Trinajstić information content (AvgIpc) is 3.36. The van der Waals surface area contributed by atoms with Gasteiger partial charge in [-0.25, -0.2) is 18.6 Å². The summed E-state index contributed by atoms with van der Waals surface area (Å²) in [6.07, 6.45) is 2.03. The smallest absolute Gasteiger partial charge is 0.349 e. The van der Waals surface area contributed by atoms with Crippen LogP contribution < -0.4 is 20.6 Å². The molecule has 0 saturated carbocycles. The number of rotatable bonds is 6. The molecule has 6 rings (SSSR count). The Bertz CT molecular complexity index is 1980. The highest BCUT2D eigenvalue weighted by atomic mass is 28.3. The topological polar surface area (TPSA) is 92.5 Å². The number of piperazine rings is 1. The number of anilines is 1. The highest BCUT2D eigenvalue weighted by Gasteiger charge is 2.42. The lowest BCUT2D eigenvalue weighted by Gasteiger charge is -2.38. The zero-order valence-electron chi connectivity index (χ0n) is 28.3. The first-order valence-electron chi connectivity index (χ1n) is 16.4. The van der Waals surface area contributed by atoms with Gasteiger partial charge in [-0.15, -0.1) is 5.54 Å². The van der Waals surface area contributed by atoms with Gasteiger partial charge in [-0.1, -0.05) is 53.5 Å². The molecule has 2 aliphatic heterocycles. The summed E-state index contributed by atoms with van der Waals surface area (Å²) in [7, 11) is 0.621. The molecule has 2 fully saturated rings. The van der Waals surface area contributed by atoms with E-state index in [1.165, 1.54) is 32.4 Å². The first-order chi connectivity index (χ1) is 22.3. The van der Waals surface area contributed by atoms with Crippen LogP contribution >= 0.6 is 0 Å². The fraction of sp³-hybridized carbons (Fsp3) is 0.472. The van der Waals surface area contributed by atoms with Gasteiger partial charge in [-0.3, -0.25) is 4.57 Å². The van der Waals surface area contributed by atoms with E-state index in [1.807, 2.05) is 4.90 Å². The van der Waals surface area contributed by atoms with E-state index < -0.39 is 25.4 Å². The van der Waals surface area contributed by atoms with Crippen molar-refractivity contribution in [2.45, 2.75) is 83.1 Å². The number of ether oxygens (including phenoxy) is 1. The molecular weight excluding hydrogens is 617 g/mol. The van der Waals surface area contributed by atoms with Gasteiger partial charge in [0, 0.05) is 43.2 Å². The lowest BCUT2D eigenvalue weighted by atomic mass is 9.95. The lowest BCUT2D eigenvalue weighted by Crippen LogP contribution is -2.52. The van der Waals surface area contributed by atoms with E-state index in [-0.39, 0.29) is 51.4 Å². The number of methoxy groups -OCH3 is 1. The van der Waals surface area contributed by atoms with Crippen LogP contribution in [-0.2, 0) is 7.05 Å². The molecule has 2 aromatic carbocycles. The molecular formula is C36H43F2N5O3Si. The molecule has 0 amide bonds. The van der Waals surface area contributed by atoms with Crippen molar-refractivity contribution in [2.24, 2.45) is 7.05 Å². The third kappa shape index (κ3) is 5.35. The third-order valence-corrected chi connectivity index (χ3v) is 16.7. The molecule has 2 saturated heterocycles. The van der Waals surface area contributed by atoms with Gasteiger partial charge in [0.25, 0.3) is 0 Å². The van der Waals surface area contributed by atoms with E-state index in [0.717, 1.165) is 17.4 Å². The van der Waals surface area contributed by atoms with Crippen LogP contribution in [0, 0.1) is 23.1 Å². The summed E-state index contributed by atoms with van der Waals surface area (Å²) < 4.78 is 39.9. The Morgan fingerprint density at radius 3 is 2.23 bits per heavy atom. The number of phenols is 1. The summed E-state index contributed by atoms with van der Waals surface area (Å²) in [5.41, 5.74) is 3.99. The summed E-state index contributed by atoms with van der Waals surface area (Å²) in [6.45, 7) is 14.3. The number of aromatic hydroxyl groups is 1. The predicted octanol–water partition coefficient (Wildman–Crippen LogP) is 6.65. The SMILES string of the molecule is COc1nc(-c2cc(O)cc3ccc(F)c(C#C[Si](C(C)C)(C(C)C)C(C)C)c23)c(F)c2c1c(N1CC3CCC(C1)N3)nc(=O)n2C. The number of pyridine rings is 1. The highest BCUT2D eigenvalue weighted by Crippen LogP contribution is 2.43. The van der Waals surface area contributed by atoms with E-state index in [0.29, 0.717) is 46.3 Å². The van der Waals surface area contributed by atoms with Gasteiger partial charge in [0.2, 0.25) is 5.88 Å². The summed E-state index contributed by atoms with van der Waals surface area (Å²) in [5.74, 6) is 2.15. The standard InChI is InChI=1S/C36H43F2N5O3Si/c1-19(2)47(20(3)4,21(5)6)14-13-26-28(37)12-9-22-15-25(44)16-27(29(22)26)32-31(38)33-30(35(40-32)46-8)34(41-36(45)42(33)7)43-17-23-10-11-24(18-43)39-23/h9,12,15-16,19-21,23-24,39,44H,10-11,17-18H2,1-8H3. The number of fused-ring (bicyclic) bond motifs is 4. The molecule has 4 heterocycles. The zero-order chi connectivity index (χ0) is 33.9. The Morgan fingerprint density at radius 1 is 1.00 bits per heavy atom. The number of halogens is 2. The monoisotopic (exact) mass is 659 g/mol. The van der Waals surface area contributed by atoms with Crippen LogP contribution in [0.3, 0.4) is 0 Å². The first kappa shape index (κ1) is 32.9. The Balaban J connectivity index is 1.66. The van der Waals surface area contributed by atoms with Gasteiger partial charge >= 0.3 is 5.69 Å². The third-order valence-electron chi connectivity index (χ3n) is 10.4. The van der Waals surface area contributed by atoms with Crippen molar-refractivity contribution >= 4 is 35.6 Å². The quantitative estimate of drug-likeness (QED) is 0.177. The van der Waals surface area contributed by atoms with Crippen LogP contribution in [0.1, 0.15) is 59.9 Å². The predicted molar refractivity (Wildman–Crippen MR) is 186 cm³/mol. The van der Waals surface area contributed by atoms with Crippen LogP contribution in [0.15, 0.2) is 29.1 Å². The molecule has 2 bridgehead atoms. The van der Waals surface area contributed by atoms with E-state index in [9.17, 15) is 9.90 Å². The molecule has 0 spiro atoms. The number of hydrogen-bond donors (Lipinski definition) is 2. The minimum atomic E-state index is -2.27. The Morgan fingerprint density at radius 2 is 1.64 bits per heavy atom. The molecule has 4 aromatic rings. The Hall–Kier alpha value is -4.01. The second-order valence-corrected chi connectivity index (χ2v) is 19.6. The van der Waals surface area contributed by atoms with E-state index in [2.05, 4.69) is 68.3 Å². The average molecular weight is 660 g/mol. The molecule has 2 N–H and O–H groups in total. The molecule has 11 heteroatoms. The maximum atomic E-state index is 17.1. The maximum Gasteiger partial charge on any atom is 0.349 e. The lowest BCUT2D eigenvalue weighted by molar-refractivity contribution is 0.401. The second-order valence-electron chi connectivity index (χ2n) is 14.0. The minimum Gasteiger partial charge on any atom is -0.508 e. The van der Waals surface area contributed by atoms with Crippen molar-refractivity contribution in [1.82, 2.24) is 19.9 Å². The largest absolute Gasteiger partial charge is 0.508 e. The van der Waals surface area contributed by atoms with Crippen LogP contribution in [0.4, 0.5) is 14.6 Å². The molecule has 2 aliphatic rings. The van der Waals surface area contributed by atoms with Crippen molar-refractivity contribution in [3.8, 4) is 34.4 Å². The van der Waals surface area contributed by atoms with Crippen LogP contribution in [-0.4, -0.2) is 60.0 Å². The van der Waals surface area contributed by atoms with E-state index in [1.54, 1.807) is 6.07 Å². The van der Waals surface area contributed by atoms with Gasteiger partial charge < -0.3 is 20.1 Å². The second kappa shape index (κ2) is 12.2. The van der Waals surface area contributed by atoms with Gasteiger partial charge in [0.15, 0.2) is 5.82 Å². The number of nitrogens with zero attached hydrogens (tertiary/aromatic N) is 4.